The zero-order chi connectivity index (χ0) is 16.0. The van der Waals surface area contributed by atoms with Gasteiger partial charge in [-0.1, -0.05) is 77.6 Å². The van der Waals surface area contributed by atoms with Crippen LogP contribution in [0.1, 0.15) is 104 Å². The van der Waals surface area contributed by atoms with E-state index in [4.69, 9.17) is 0 Å². The van der Waals surface area contributed by atoms with Gasteiger partial charge >= 0.3 is 0 Å². The van der Waals surface area contributed by atoms with Crippen molar-refractivity contribution in [2.45, 2.75) is 110 Å². The Balaban J connectivity index is 3.23. The number of hydrogen-bond acceptors (Lipinski definition) is 0. The molecule has 0 aliphatic carbocycles. The molecule has 0 bridgehead atoms. The van der Waals surface area contributed by atoms with Crippen molar-refractivity contribution in [1.82, 2.24) is 0 Å². The second-order valence-electron chi connectivity index (χ2n) is 7.62. The predicted octanol–water partition coefficient (Wildman–Crippen LogP) is 6.56. The largest absolute Gasteiger partial charge is 0.327 e. The van der Waals surface area contributed by atoms with Crippen LogP contribution >= 0.6 is 0 Å². The molecule has 1 atom stereocenters. The van der Waals surface area contributed by atoms with E-state index in [0.29, 0.717) is 0 Å². The lowest BCUT2D eigenvalue weighted by Crippen LogP contribution is -2.46. The van der Waals surface area contributed by atoms with Crippen LogP contribution in [0.15, 0.2) is 0 Å². The van der Waals surface area contributed by atoms with E-state index in [0.717, 1.165) is 6.04 Å². The molecule has 0 amide bonds. The maximum atomic E-state index is 2.42. The second-order valence-corrected chi connectivity index (χ2v) is 7.62. The van der Waals surface area contributed by atoms with E-state index in [1.54, 1.807) is 0 Å². The van der Waals surface area contributed by atoms with Crippen molar-refractivity contribution in [3.05, 3.63) is 0 Å². The quantitative estimate of drug-likeness (QED) is 0.237. The number of quaternary nitrogens is 1. The molecule has 0 saturated carbocycles. The Morgan fingerprint density at radius 1 is 0.619 bits per heavy atom. The minimum absolute atomic E-state index is 0.818. The first-order chi connectivity index (χ1) is 10.0. The molecule has 0 aromatic rings. The van der Waals surface area contributed by atoms with Crippen molar-refractivity contribution in [3.8, 4) is 0 Å². The molecule has 128 valence electrons. The van der Waals surface area contributed by atoms with Gasteiger partial charge in [-0.05, 0) is 26.7 Å². The number of hydrogen-bond donors (Lipinski definition) is 0. The van der Waals surface area contributed by atoms with Gasteiger partial charge in [-0.15, -0.1) is 0 Å². The van der Waals surface area contributed by atoms with Crippen molar-refractivity contribution >= 4 is 0 Å². The number of unbranched alkanes of at least 4 members (excludes halogenated alkanes) is 11. The summed E-state index contributed by atoms with van der Waals surface area (Å²) in [6, 6.07) is 0.818. The van der Waals surface area contributed by atoms with Crippen LogP contribution in [0.5, 0.6) is 0 Å². The average molecular weight is 299 g/mol. The summed E-state index contributed by atoms with van der Waals surface area (Å²) in [6.07, 6.45) is 18.8. The molecule has 0 aliphatic rings. The molecule has 0 aromatic carbocycles. The average Bonchev–Trinajstić information content (AvgIpc) is 2.48. The van der Waals surface area contributed by atoms with Crippen LogP contribution in [0.4, 0.5) is 0 Å². The Hall–Kier alpha value is -0.0400. The summed E-state index contributed by atoms with van der Waals surface area (Å²) in [7, 11) is 4.73. The summed E-state index contributed by atoms with van der Waals surface area (Å²) in [5.74, 6) is 0. The molecule has 0 radical (unpaired) electrons. The standard InChI is InChI=1S/C20H44N/c1-6-8-9-10-11-12-13-14-15-16-17-18-19-20(3)21(4,5)7-2/h20H,6-19H2,1-5H3/q+1. The molecule has 1 nitrogen and oxygen atoms in total. The second kappa shape index (κ2) is 13.6. The molecule has 0 saturated heterocycles. The Morgan fingerprint density at radius 2 is 1.00 bits per heavy atom. The summed E-state index contributed by atoms with van der Waals surface area (Å²) in [5.41, 5.74) is 0. The van der Waals surface area contributed by atoms with Gasteiger partial charge in [-0.2, -0.15) is 0 Å². The highest BCUT2D eigenvalue weighted by atomic mass is 15.3. The fraction of sp³-hybridized carbons (Fsp3) is 1.00. The summed E-state index contributed by atoms with van der Waals surface area (Å²) >= 11 is 0. The van der Waals surface area contributed by atoms with Crippen LogP contribution in [0.25, 0.3) is 0 Å². The molecular formula is C20H44N+. The number of nitrogens with zero attached hydrogens (tertiary/aromatic N) is 1. The molecule has 0 rings (SSSR count). The lowest BCUT2D eigenvalue weighted by Gasteiger charge is -2.35. The van der Waals surface area contributed by atoms with Gasteiger partial charge in [0.15, 0.2) is 0 Å². The molecule has 1 heteroatoms. The molecule has 0 heterocycles. The van der Waals surface area contributed by atoms with Gasteiger partial charge in [-0.25, -0.2) is 0 Å². The van der Waals surface area contributed by atoms with Gasteiger partial charge < -0.3 is 4.48 Å². The van der Waals surface area contributed by atoms with Crippen molar-refractivity contribution in [1.29, 1.82) is 0 Å². The van der Waals surface area contributed by atoms with E-state index >= 15 is 0 Å². The molecule has 1 unspecified atom stereocenters. The molecule has 0 aliphatic heterocycles. The molecule has 21 heavy (non-hydrogen) atoms. The summed E-state index contributed by atoms with van der Waals surface area (Å²) in [5, 5.41) is 0. The minimum atomic E-state index is 0.818. The lowest BCUT2D eigenvalue weighted by molar-refractivity contribution is -0.911. The van der Waals surface area contributed by atoms with Gasteiger partial charge in [0, 0.05) is 0 Å². The monoisotopic (exact) mass is 298 g/mol. The van der Waals surface area contributed by atoms with Gasteiger partial charge in [-0.3, -0.25) is 0 Å². The highest BCUT2D eigenvalue weighted by Gasteiger charge is 2.20. The third-order valence-electron chi connectivity index (χ3n) is 5.48. The maximum Gasteiger partial charge on any atom is 0.0857 e. The Kier molecular flexibility index (Phi) is 13.6. The Bertz CT molecular complexity index is 210. The van der Waals surface area contributed by atoms with E-state index in [9.17, 15) is 0 Å². The molecule has 0 N–H and O–H groups in total. The first kappa shape index (κ1) is 21.0. The Labute approximate surface area is 136 Å². The summed E-state index contributed by atoms with van der Waals surface area (Å²) in [6.45, 7) is 8.27. The van der Waals surface area contributed by atoms with Crippen LogP contribution in [-0.2, 0) is 0 Å². The van der Waals surface area contributed by atoms with Crippen molar-refractivity contribution in [2.75, 3.05) is 20.6 Å². The highest BCUT2D eigenvalue weighted by molar-refractivity contribution is 4.53. The third kappa shape index (κ3) is 12.2. The van der Waals surface area contributed by atoms with Gasteiger partial charge in [0.25, 0.3) is 0 Å². The fourth-order valence-corrected chi connectivity index (χ4v) is 2.94. The first-order valence-corrected chi connectivity index (χ1v) is 9.87. The highest BCUT2D eigenvalue weighted by Crippen LogP contribution is 2.16. The van der Waals surface area contributed by atoms with E-state index in [1.165, 1.54) is 94.5 Å². The Morgan fingerprint density at radius 3 is 1.38 bits per heavy atom. The maximum absolute atomic E-state index is 2.42. The molecule has 0 spiro atoms. The predicted molar refractivity (Wildman–Crippen MR) is 97.8 cm³/mol. The van der Waals surface area contributed by atoms with Crippen molar-refractivity contribution < 1.29 is 4.48 Å². The molecule has 0 fully saturated rings. The van der Waals surface area contributed by atoms with Crippen LogP contribution < -0.4 is 0 Å². The van der Waals surface area contributed by atoms with Crippen molar-refractivity contribution in [3.63, 3.8) is 0 Å². The minimum Gasteiger partial charge on any atom is -0.327 e. The first-order valence-electron chi connectivity index (χ1n) is 9.87. The van der Waals surface area contributed by atoms with Gasteiger partial charge in [0.1, 0.15) is 0 Å². The van der Waals surface area contributed by atoms with Crippen LogP contribution in [0.3, 0.4) is 0 Å². The normalized spacial score (nSPS) is 13.6. The van der Waals surface area contributed by atoms with Crippen LogP contribution in [-0.4, -0.2) is 31.2 Å². The summed E-state index contributed by atoms with van der Waals surface area (Å²) < 4.78 is 1.18. The SMILES string of the molecule is CCCCCCCCCCCCCCC(C)[N+](C)(C)CC. The molecule has 0 aromatic heterocycles. The van der Waals surface area contributed by atoms with E-state index in [2.05, 4.69) is 34.9 Å². The topological polar surface area (TPSA) is 0 Å². The molecular weight excluding hydrogens is 254 g/mol. The van der Waals surface area contributed by atoms with E-state index < -0.39 is 0 Å². The summed E-state index contributed by atoms with van der Waals surface area (Å²) in [4.78, 5) is 0. The van der Waals surface area contributed by atoms with Crippen LogP contribution in [0.2, 0.25) is 0 Å². The third-order valence-corrected chi connectivity index (χ3v) is 5.48. The number of rotatable bonds is 15. The van der Waals surface area contributed by atoms with Gasteiger partial charge in [0.05, 0.1) is 26.7 Å². The van der Waals surface area contributed by atoms with Crippen LogP contribution in [0, 0.1) is 0 Å². The lowest BCUT2D eigenvalue weighted by atomic mass is 10.0. The van der Waals surface area contributed by atoms with Crippen molar-refractivity contribution in [2.24, 2.45) is 0 Å². The zero-order valence-electron chi connectivity index (χ0n) is 15.9. The van der Waals surface area contributed by atoms with Gasteiger partial charge in [0.2, 0.25) is 0 Å². The smallest absolute Gasteiger partial charge is 0.0857 e. The fourth-order valence-electron chi connectivity index (χ4n) is 2.94. The zero-order valence-corrected chi connectivity index (χ0v) is 15.9. The van der Waals surface area contributed by atoms with E-state index in [-0.39, 0.29) is 0 Å². The van der Waals surface area contributed by atoms with E-state index in [1.807, 2.05) is 0 Å².